The topological polar surface area (TPSA) is 57.6 Å². The fourth-order valence-electron chi connectivity index (χ4n) is 2.70. The van der Waals surface area contributed by atoms with Crippen molar-refractivity contribution in [3.63, 3.8) is 0 Å². The molecule has 0 aromatic heterocycles. The molecule has 1 aromatic carbocycles. The number of hydrogen-bond donors (Lipinski definition) is 1. The quantitative estimate of drug-likeness (QED) is 0.928. The zero-order valence-corrected chi connectivity index (χ0v) is 13.3. The number of nitrogens with zero attached hydrogens (tertiary/aromatic N) is 1. The molecule has 0 bridgehead atoms. The lowest BCUT2D eigenvalue weighted by Gasteiger charge is -2.25. The number of aryl methyl sites for hydroxylation is 1. The molecule has 2 rings (SSSR count). The van der Waals surface area contributed by atoms with Gasteiger partial charge in [0.1, 0.15) is 4.90 Å². The number of aliphatic hydroxyl groups is 1. The summed E-state index contributed by atoms with van der Waals surface area (Å²) in [5, 5.41) is 9.81. The molecule has 2 atom stereocenters. The summed E-state index contributed by atoms with van der Waals surface area (Å²) in [6, 6.07) is 4.89. The van der Waals surface area contributed by atoms with Crippen molar-refractivity contribution in [1.82, 2.24) is 4.31 Å². The summed E-state index contributed by atoms with van der Waals surface area (Å²) in [7, 11) is -3.60. The summed E-state index contributed by atoms with van der Waals surface area (Å²) < 4.78 is 27.0. The Labute approximate surface area is 125 Å². The molecule has 0 spiro atoms. The molecule has 1 aliphatic rings. The first-order valence-corrected chi connectivity index (χ1v) is 8.61. The number of rotatable bonds is 4. The second-order valence-electron chi connectivity index (χ2n) is 5.38. The van der Waals surface area contributed by atoms with E-state index >= 15 is 0 Å². The first kappa shape index (κ1) is 15.8. The summed E-state index contributed by atoms with van der Waals surface area (Å²) in [6.45, 7) is 3.96. The Morgan fingerprint density at radius 3 is 2.85 bits per heavy atom. The van der Waals surface area contributed by atoms with Crippen molar-refractivity contribution in [1.29, 1.82) is 0 Å². The molecule has 4 nitrogen and oxygen atoms in total. The van der Waals surface area contributed by atoms with Crippen LogP contribution in [0.5, 0.6) is 0 Å². The average Bonchev–Trinajstić information content (AvgIpc) is 2.80. The molecule has 1 N–H and O–H groups in total. The number of halogens is 1. The summed E-state index contributed by atoms with van der Waals surface area (Å²) in [6.07, 6.45) is 1.56. The molecule has 0 saturated carbocycles. The van der Waals surface area contributed by atoms with Crippen LogP contribution in [0.2, 0.25) is 5.02 Å². The van der Waals surface area contributed by atoms with E-state index in [1.807, 2.05) is 0 Å². The van der Waals surface area contributed by atoms with E-state index in [2.05, 4.69) is 0 Å². The predicted octanol–water partition coefficient (Wildman–Crippen LogP) is 2.57. The smallest absolute Gasteiger partial charge is 0.244 e. The molecule has 1 heterocycles. The van der Waals surface area contributed by atoms with Crippen LogP contribution in [0.25, 0.3) is 0 Å². The molecule has 1 fully saturated rings. The molecule has 2 unspecified atom stereocenters. The molecular formula is C14H20ClNO3S. The van der Waals surface area contributed by atoms with E-state index in [1.165, 1.54) is 4.31 Å². The van der Waals surface area contributed by atoms with Gasteiger partial charge in [0.15, 0.2) is 0 Å². The molecule has 0 aliphatic carbocycles. The lowest BCUT2D eigenvalue weighted by molar-refractivity contribution is 0.158. The fourth-order valence-corrected chi connectivity index (χ4v) is 4.96. The van der Waals surface area contributed by atoms with E-state index in [-0.39, 0.29) is 16.0 Å². The van der Waals surface area contributed by atoms with E-state index in [9.17, 15) is 13.5 Å². The third-order valence-corrected chi connectivity index (χ3v) is 6.29. The van der Waals surface area contributed by atoms with Crippen LogP contribution in [-0.4, -0.2) is 36.5 Å². The van der Waals surface area contributed by atoms with Gasteiger partial charge < -0.3 is 5.11 Å². The van der Waals surface area contributed by atoms with Gasteiger partial charge >= 0.3 is 0 Å². The van der Waals surface area contributed by atoms with Crippen LogP contribution in [0.4, 0.5) is 0 Å². The molecule has 0 amide bonds. The highest BCUT2D eigenvalue weighted by Crippen LogP contribution is 2.33. The normalized spacial score (nSPS) is 22.1. The zero-order valence-electron chi connectivity index (χ0n) is 11.7. The van der Waals surface area contributed by atoms with Gasteiger partial charge in [-0.05, 0) is 44.7 Å². The second-order valence-corrected chi connectivity index (χ2v) is 7.62. The van der Waals surface area contributed by atoms with Crippen molar-refractivity contribution in [3.05, 3.63) is 28.8 Å². The van der Waals surface area contributed by atoms with Crippen molar-refractivity contribution >= 4 is 21.6 Å². The first-order chi connectivity index (χ1) is 9.34. The van der Waals surface area contributed by atoms with E-state index < -0.39 is 16.1 Å². The lowest BCUT2D eigenvalue weighted by atomic mass is 10.1. The first-order valence-electron chi connectivity index (χ1n) is 6.79. The summed E-state index contributed by atoms with van der Waals surface area (Å²) in [5.41, 5.74) is 0.749. The maximum Gasteiger partial charge on any atom is 0.244 e. The van der Waals surface area contributed by atoms with E-state index in [0.29, 0.717) is 13.0 Å². The van der Waals surface area contributed by atoms with E-state index in [1.54, 1.807) is 32.0 Å². The van der Waals surface area contributed by atoms with E-state index in [4.69, 9.17) is 11.6 Å². The third kappa shape index (κ3) is 3.01. The van der Waals surface area contributed by atoms with E-state index in [0.717, 1.165) is 18.4 Å². The average molecular weight is 318 g/mol. The number of hydrogen-bond acceptors (Lipinski definition) is 3. The van der Waals surface area contributed by atoms with Crippen LogP contribution in [-0.2, 0) is 10.0 Å². The van der Waals surface area contributed by atoms with Gasteiger partial charge in [-0.1, -0.05) is 23.7 Å². The van der Waals surface area contributed by atoms with Crippen LogP contribution in [0, 0.1) is 6.92 Å². The Bertz CT molecular complexity index is 586. The van der Waals surface area contributed by atoms with Gasteiger partial charge in [0.05, 0.1) is 11.1 Å². The zero-order chi connectivity index (χ0) is 14.9. The van der Waals surface area contributed by atoms with Gasteiger partial charge in [-0.2, -0.15) is 4.31 Å². The highest BCUT2D eigenvalue weighted by molar-refractivity contribution is 7.89. The van der Waals surface area contributed by atoms with Crippen LogP contribution >= 0.6 is 11.6 Å². The molecule has 1 aliphatic heterocycles. The van der Waals surface area contributed by atoms with Gasteiger partial charge in [-0.3, -0.25) is 0 Å². The summed E-state index contributed by atoms with van der Waals surface area (Å²) in [4.78, 5) is 0.164. The van der Waals surface area contributed by atoms with Gasteiger partial charge in [0, 0.05) is 12.6 Å². The standard InChI is InChI=1S/C14H20ClNO3S/c1-10-5-3-7-13(14(10)15)20(18,19)16-8-4-6-12(16)9-11(2)17/h3,5,7,11-12,17H,4,6,8-9H2,1-2H3. The molecule has 6 heteroatoms. The van der Waals surface area contributed by atoms with Crippen molar-refractivity contribution < 1.29 is 13.5 Å². The SMILES string of the molecule is Cc1cccc(S(=O)(=O)N2CCCC2CC(C)O)c1Cl. The van der Waals surface area contributed by atoms with Crippen LogP contribution in [0.1, 0.15) is 31.7 Å². The predicted molar refractivity (Wildman–Crippen MR) is 79.4 cm³/mol. The van der Waals surface area contributed by atoms with Crippen LogP contribution in [0.3, 0.4) is 0 Å². The number of sulfonamides is 1. The minimum absolute atomic E-state index is 0.142. The maximum absolute atomic E-state index is 12.8. The highest BCUT2D eigenvalue weighted by Gasteiger charge is 2.36. The van der Waals surface area contributed by atoms with Crippen molar-refractivity contribution in [2.75, 3.05) is 6.54 Å². The molecule has 1 aromatic rings. The summed E-state index contributed by atoms with van der Waals surface area (Å²) in [5.74, 6) is 0. The molecule has 0 radical (unpaired) electrons. The Morgan fingerprint density at radius 1 is 1.50 bits per heavy atom. The largest absolute Gasteiger partial charge is 0.393 e. The minimum Gasteiger partial charge on any atom is -0.393 e. The van der Waals surface area contributed by atoms with Gasteiger partial charge in [-0.15, -0.1) is 0 Å². The monoisotopic (exact) mass is 317 g/mol. The highest BCUT2D eigenvalue weighted by atomic mass is 35.5. The maximum atomic E-state index is 12.8. The number of benzene rings is 1. The molecule has 20 heavy (non-hydrogen) atoms. The Hall–Kier alpha value is -0.620. The van der Waals surface area contributed by atoms with Crippen molar-refractivity contribution in [3.8, 4) is 0 Å². The summed E-state index contributed by atoms with van der Waals surface area (Å²) >= 11 is 6.15. The van der Waals surface area contributed by atoms with Crippen molar-refractivity contribution in [2.45, 2.75) is 50.2 Å². The number of aliphatic hydroxyl groups excluding tert-OH is 1. The third-order valence-electron chi connectivity index (χ3n) is 3.68. The van der Waals surface area contributed by atoms with Crippen molar-refractivity contribution in [2.24, 2.45) is 0 Å². The molecule has 112 valence electrons. The minimum atomic E-state index is -3.60. The Morgan fingerprint density at radius 2 is 2.20 bits per heavy atom. The fraction of sp³-hybridized carbons (Fsp3) is 0.571. The lowest BCUT2D eigenvalue weighted by Crippen LogP contribution is -2.37. The Kier molecular flexibility index (Phi) is 4.74. The molecule has 1 saturated heterocycles. The van der Waals surface area contributed by atoms with Crippen LogP contribution < -0.4 is 0 Å². The van der Waals surface area contributed by atoms with Crippen LogP contribution in [0.15, 0.2) is 23.1 Å². The van der Waals surface area contributed by atoms with Gasteiger partial charge in [0.2, 0.25) is 10.0 Å². The van der Waals surface area contributed by atoms with Gasteiger partial charge in [0.25, 0.3) is 0 Å². The molecular weight excluding hydrogens is 298 g/mol. The Balaban J connectivity index is 2.37. The van der Waals surface area contributed by atoms with Gasteiger partial charge in [-0.25, -0.2) is 8.42 Å². The second kappa shape index (κ2) is 6.02.